The lowest BCUT2D eigenvalue weighted by molar-refractivity contribution is 0.236. The van der Waals surface area contributed by atoms with Crippen molar-refractivity contribution in [3.05, 3.63) is 11.7 Å². The van der Waals surface area contributed by atoms with E-state index in [0.29, 0.717) is 11.7 Å². The van der Waals surface area contributed by atoms with Crippen molar-refractivity contribution in [2.45, 2.75) is 25.3 Å². The van der Waals surface area contributed by atoms with Gasteiger partial charge in [0.2, 0.25) is 5.89 Å². The van der Waals surface area contributed by atoms with E-state index < -0.39 is 6.04 Å². The zero-order valence-electron chi connectivity index (χ0n) is 7.31. The topological polar surface area (TPSA) is 85.2 Å². The van der Waals surface area contributed by atoms with Crippen LogP contribution in [0, 0.1) is 5.92 Å². The van der Waals surface area contributed by atoms with E-state index in [4.69, 9.17) is 15.4 Å². The van der Waals surface area contributed by atoms with Crippen LogP contribution in [-0.2, 0) is 6.42 Å². The highest BCUT2D eigenvalue weighted by molar-refractivity contribution is 4.94. The second kappa shape index (κ2) is 3.43. The first-order valence-corrected chi connectivity index (χ1v) is 4.48. The number of hydrogen-bond donors (Lipinski definition) is 2. The Balaban J connectivity index is 1.99. The third-order valence-corrected chi connectivity index (χ3v) is 2.17. The van der Waals surface area contributed by atoms with Crippen LogP contribution in [0.4, 0.5) is 0 Å². The minimum Gasteiger partial charge on any atom is -0.394 e. The molecule has 0 bridgehead atoms. The number of nitrogens with two attached hydrogens (primary N) is 1. The third-order valence-electron chi connectivity index (χ3n) is 2.17. The van der Waals surface area contributed by atoms with E-state index >= 15 is 0 Å². The summed E-state index contributed by atoms with van der Waals surface area (Å²) < 4.78 is 4.90. The molecule has 1 fully saturated rings. The fraction of sp³-hybridized carbons (Fsp3) is 0.750. The smallest absolute Gasteiger partial charge is 0.245 e. The first-order valence-electron chi connectivity index (χ1n) is 4.48. The van der Waals surface area contributed by atoms with Crippen molar-refractivity contribution in [2.24, 2.45) is 11.7 Å². The van der Waals surface area contributed by atoms with Crippen LogP contribution in [0.15, 0.2) is 4.52 Å². The summed E-state index contributed by atoms with van der Waals surface area (Å²) in [6.45, 7) is -0.162. The molecule has 0 aromatic carbocycles. The van der Waals surface area contributed by atoms with Gasteiger partial charge in [-0.05, 0) is 18.8 Å². The molecule has 2 rings (SSSR count). The van der Waals surface area contributed by atoms with Crippen molar-refractivity contribution in [1.29, 1.82) is 0 Å². The van der Waals surface area contributed by atoms with Crippen LogP contribution < -0.4 is 5.73 Å². The Morgan fingerprint density at radius 2 is 2.38 bits per heavy atom. The fourth-order valence-corrected chi connectivity index (χ4v) is 1.16. The lowest BCUT2D eigenvalue weighted by Gasteiger charge is -1.98. The summed E-state index contributed by atoms with van der Waals surface area (Å²) in [4.78, 5) is 4.10. The molecule has 1 saturated carbocycles. The van der Waals surface area contributed by atoms with Crippen molar-refractivity contribution in [2.75, 3.05) is 6.61 Å². The number of aromatic nitrogens is 2. The molecule has 72 valence electrons. The van der Waals surface area contributed by atoms with Crippen molar-refractivity contribution >= 4 is 0 Å². The van der Waals surface area contributed by atoms with Crippen LogP contribution in [0.1, 0.15) is 30.6 Å². The van der Waals surface area contributed by atoms with Gasteiger partial charge in [0, 0.05) is 6.42 Å². The second-order valence-corrected chi connectivity index (χ2v) is 3.49. The molecule has 0 spiro atoms. The lowest BCUT2D eigenvalue weighted by Crippen LogP contribution is -2.14. The first kappa shape index (κ1) is 8.65. The molecule has 1 aromatic heterocycles. The predicted molar refractivity (Wildman–Crippen MR) is 44.7 cm³/mol. The molecule has 3 N–H and O–H groups in total. The summed E-state index contributed by atoms with van der Waals surface area (Å²) in [6.07, 6.45) is 3.40. The van der Waals surface area contributed by atoms with Gasteiger partial charge in [-0.1, -0.05) is 5.16 Å². The Labute approximate surface area is 75.9 Å². The molecule has 0 amide bonds. The monoisotopic (exact) mass is 183 g/mol. The summed E-state index contributed by atoms with van der Waals surface area (Å²) in [6, 6.07) is -0.541. The van der Waals surface area contributed by atoms with Gasteiger partial charge in [-0.25, -0.2) is 0 Å². The predicted octanol–water partition coefficient (Wildman–Crippen LogP) is 0.0142. The summed E-state index contributed by atoms with van der Waals surface area (Å²) in [5, 5.41) is 12.5. The van der Waals surface area contributed by atoms with E-state index in [1.807, 2.05) is 0 Å². The van der Waals surface area contributed by atoms with Gasteiger partial charge in [0.1, 0.15) is 6.04 Å². The summed E-state index contributed by atoms with van der Waals surface area (Å²) in [7, 11) is 0. The fourth-order valence-electron chi connectivity index (χ4n) is 1.16. The molecule has 1 heterocycles. The summed E-state index contributed by atoms with van der Waals surface area (Å²) in [5.74, 6) is 1.77. The zero-order valence-corrected chi connectivity index (χ0v) is 7.31. The van der Waals surface area contributed by atoms with E-state index in [1.165, 1.54) is 12.8 Å². The van der Waals surface area contributed by atoms with E-state index in [0.717, 1.165) is 12.3 Å². The summed E-state index contributed by atoms with van der Waals surface area (Å²) in [5.41, 5.74) is 5.51. The molecule has 0 saturated heterocycles. The molecule has 1 aromatic rings. The van der Waals surface area contributed by atoms with Crippen LogP contribution in [-0.4, -0.2) is 21.9 Å². The molecule has 0 radical (unpaired) electrons. The van der Waals surface area contributed by atoms with Gasteiger partial charge in [-0.2, -0.15) is 4.98 Å². The molecule has 1 atom stereocenters. The van der Waals surface area contributed by atoms with Crippen molar-refractivity contribution < 1.29 is 9.63 Å². The Bertz CT molecular complexity index is 283. The molecule has 1 aliphatic rings. The Morgan fingerprint density at radius 3 is 3.00 bits per heavy atom. The minimum absolute atomic E-state index is 0.162. The average Bonchev–Trinajstić information content (AvgIpc) is 2.81. The van der Waals surface area contributed by atoms with Gasteiger partial charge in [0.15, 0.2) is 5.82 Å². The van der Waals surface area contributed by atoms with Gasteiger partial charge in [-0.15, -0.1) is 0 Å². The van der Waals surface area contributed by atoms with Crippen LogP contribution in [0.5, 0.6) is 0 Å². The maximum absolute atomic E-state index is 8.74. The quantitative estimate of drug-likeness (QED) is 0.687. The molecule has 5 heteroatoms. The van der Waals surface area contributed by atoms with E-state index in [2.05, 4.69) is 10.1 Å². The number of aliphatic hydroxyl groups is 1. The van der Waals surface area contributed by atoms with Crippen molar-refractivity contribution in [3.63, 3.8) is 0 Å². The van der Waals surface area contributed by atoms with Crippen LogP contribution >= 0.6 is 0 Å². The average molecular weight is 183 g/mol. The van der Waals surface area contributed by atoms with Crippen molar-refractivity contribution in [1.82, 2.24) is 10.1 Å². The van der Waals surface area contributed by atoms with Gasteiger partial charge >= 0.3 is 0 Å². The van der Waals surface area contributed by atoms with Gasteiger partial charge in [-0.3, -0.25) is 0 Å². The molecule has 5 nitrogen and oxygen atoms in total. The maximum atomic E-state index is 8.74. The Hall–Kier alpha value is -0.940. The molecular formula is C8H13N3O2. The highest BCUT2D eigenvalue weighted by atomic mass is 16.5. The maximum Gasteiger partial charge on any atom is 0.245 e. The molecule has 1 unspecified atom stereocenters. The molecule has 13 heavy (non-hydrogen) atoms. The largest absolute Gasteiger partial charge is 0.394 e. The highest BCUT2D eigenvalue weighted by Gasteiger charge is 2.24. The Kier molecular flexibility index (Phi) is 2.28. The van der Waals surface area contributed by atoms with Gasteiger partial charge in [0.25, 0.3) is 0 Å². The Morgan fingerprint density at radius 1 is 1.62 bits per heavy atom. The standard InChI is InChI=1S/C8H13N3O2/c9-6(4-12)8-10-7(11-13-8)3-5-1-2-5/h5-6,12H,1-4,9H2. The summed E-state index contributed by atoms with van der Waals surface area (Å²) >= 11 is 0. The lowest BCUT2D eigenvalue weighted by atomic mass is 10.3. The SMILES string of the molecule is NC(CO)c1nc(CC2CC2)no1. The van der Waals surface area contributed by atoms with Crippen molar-refractivity contribution in [3.8, 4) is 0 Å². The second-order valence-electron chi connectivity index (χ2n) is 3.49. The molecular weight excluding hydrogens is 170 g/mol. The number of rotatable bonds is 4. The number of hydrogen-bond acceptors (Lipinski definition) is 5. The minimum atomic E-state index is -0.541. The van der Waals surface area contributed by atoms with Crippen LogP contribution in [0.2, 0.25) is 0 Å². The van der Waals surface area contributed by atoms with Gasteiger partial charge < -0.3 is 15.4 Å². The third kappa shape index (κ3) is 2.05. The van der Waals surface area contributed by atoms with E-state index in [1.54, 1.807) is 0 Å². The molecule has 0 aliphatic heterocycles. The van der Waals surface area contributed by atoms with Gasteiger partial charge in [0.05, 0.1) is 6.61 Å². The van der Waals surface area contributed by atoms with Crippen LogP contribution in [0.3, 0.4) is 0 Å². The normalized spacial score (nSPS) is 18.9. The first-order chi connectivity index (χ1) is 6.29. The van der Waals surface area contributed by atoms with E-state index in [-0.39, 0.29) is 6.61 Å². The molecule has 1 aliphatic carbocycles. The number of nitrogens with zero attached hydrogens (tertiary/aromatic N) is 2. The number of aliphatic hydroxyl groups excluding tert-OH is 1. The highest BCUT2D eigenvalue weighted by Crippen LogP contribution is 2.31. The zero-order chi connectivity index (χ0) is 9.26. The van der Waals surface area contributed by atoms with Crippen LogP contribution in [0.25, 0.3) is 0 Å². The van der Waals surface area contributed by atoms with E-state index in [9.17, 15) is 0 Å².